The molecule has 0 bridgehead atoms. The number of benzene rings is 1. The maximum Gasteiger partial charge on any atom is 0.257 e. The Labute approximate surface area is 99.8 Å². The van der Waals surface area contributed by atoms with Gasteiger partial charge in [0.05, 0.1) is 7.11 Å². The van der Waals surface area contributed by atoms with Gasteiger partial charge in [0.2, 0.25) is 0 Å². The molecular formula is C13H13N3O. The first-order valence-electron chi connectivity index (χ1n) is 5.16. The molecule has 2 aromatic rings. The monoisotopic (exact) mass is 227 g/mol. The number of nitrogens with zero attached hydrogens (tertiary/aromatic N) is 2. The fourth-order valence-corrected chi connectivity index (χ4v) is 1.61. The Balaban J connectivity index is 2.64. The average molecular weight is 227 g/mol. The van der Waals surface area contributed by atoms with Crippen LogP contribution in [0.1, 0.15) is 5.56 Å². The lowest BCUT2D eigenvalue weighted by Gasteiger charge is -2.10. The lowest BCUT2D eigenvalue weighted by atomic mass is 10.1. The number of nitrogens with two attached hydrogens (primary N) is 1. The summed E-state index contributed by atoms with van der Waals surface area (Å²) in [6, 6.07) is 9.71. The van der Waals surface area contributed by atoms with Gasteiger partial charge in [-0.3, -0.25) is 0 Å². The second-order valence-electron chi connectivity index (χ2n) is 3.46. The smallest absolute Gasteiger partial charge is 0.257 e. The summed E-state index contributed by atoms with van der Waals surface area (Å²) in [6.07, 6.45) is 1.66. The number of aromatic nitrogens is 2. The summed E-state index contributed by atoms with van der Waals surface area (Å²) >= 11 is 0. The molecule has 0 saturated heterocycles. The predicted octanol–water partition coefficient (Wildman–Crippen LogP) is 2.38. The number of anilines is 1. The summed E-state index contributed by atoms with van der Waals surface area (Å²) in [5, 5.41) is 8.06. The van der Waals surface area contributed by atoms with Crippen LogP contribution in [0.3, 0.4) is 0 Å². The first kappa shape index (κ1) is 11.1. The largest absolute Gasteiger partial charge is 0.478 e. The SMILES string of the molecule is C=Cc1c(-c2ccccc2)nnc(OC)c1N. The molecule has 4 heteroatoms. The predicted molar refractivity (Wildman–Crippen MR) is 68.5 cm³/mol. The number of hydrogen-bond acceptors (Lipinski definition) is 4. The van der Waals surface area contributed by atoms with Crippen LogP contribution in [-0.2, 0) is 0 Å². The summed E-state index contributed by atoms with van der Waals surface area (Å²) < 4.78 is 5.03. The highest BCUT2D eigenvalue weighted by atomic mass is 16.5. The number of nitrogen functional groups attached to an aromatic ring is 1. The topological polar surface area (TPSA) is 61.0 Å². The van der Waals surface area contributed by atoms with Crippen molar-refractivity contribution in [2.24, 2.45) is 0 Å². The van der Waals surface area contributed by atoms with Gasteiger partial charge in [-0.1, -0.05) is 43.0 Å². The van der Waals surface area contributed by atoms with Crippen LogP contribution >= 0.6 is 0 Å². The van der Waals surface area contributed by atoms with E-state index in [9.17, 15) is 0 Å². The van der Waals surface area contributed by atoms with Gasteiger partial charge in [-0.05, 0) is 0 Å². The fraction of sp³-hybridized carbons (Fsp3) is 0.0769. The van der Waals surface area contributed by atoms with E-state index in [1.54, 1.807) is 6.08 Å². The van der Waals surface area contributed by atoms with E-state index in [0.717, 1.165) is 11.1 Å². The van der Waals surface area contributed by atoms with Crippen molar-refractivity contribution in [3.8, 4) is 17.1 Å². The van der Waals surface area contributed by atoms with Gasteiger partial charge in [0.25, 0.3) is 5.88 Å². The zero-order valence-electron chi connectivity index (χ0n) is 9.55. The lowest BCUT2D eigenvalue weighted by molar-refractivity contribution is 0.394. The highest BCUT2D eigenvalue weighted by Gasteiger charge is 2.13. The van der Waals surface area contributed by atoms with E-state index in [1.807, 2.05) is 30.3 Å². The van der Waals surface area contributed by atoms with Gasteiger partial charge >= 0.3 is 0 Å². The molecule has 0 unspecified atom stereocenters. The van der Waals surface area contributed by atoms with Gasteiger partial charge in [0.15, 0.2) is 0 Å². The van der Waals surface area contributed by atoms with E-state index in [4.69, 9.17) is 10.5 Å². The molecule has 1 aromatic carbocycles. The summed E-state index contributed by atoms with van der Waals surface area (Å²) in [5.74, 6) is 0.319. The van der Waals surface area contributed by atoms with Crippen molar-refractivity contribution in [2.45, 2.75) is 0 Å². The molecular weight excluding hydrogens is 214 g/mol. The van der Waals surface area contributed by atoms with Gasteiger partial charge in [0, 0.05) is 11.1 Å². The van der Waals surface area contributed by atoms with Crippen molar-refractivity contribution in [3.05, 3.63) is 42.5 Å². The number of methoxy groups -OCH3 is 1. The molecule has 2 N–H and O–H groups in total. The quantitative estimate of drug-likeness (QED) is 0.874. The first-order chi connectivity index (χ1) is 8.27. The molecule has 1 aromatic heterocycles. The Morgan fingerprint density at radius 2 is 1.94 bits per heavy atom. The van der Waals surface area contributed by atoms with Crippen LogP contribution in [0.15, 0.2) is 36.9 Å². The van der Waals surface area contributed by atoms with Gasteiger partial charge in [0.1, 0.15) is 11.4 Å². The van der Waals surface area contributed by atoms with E-state index in [1.165, 1.54) is 7.11 Å². The molecule has 0 saturated carbocycles. The first-order valence-corrected chi connectivity index (χ1v) is 5.16. The third-order valence-electron chi connectivity index (χ3n) is 2.46. The molecule has 0 radical (unpaired) electrons. The average Bonchev–Trinajstić information content (AvgIpc) is 2.39. The van der Waals surface area contributed by atoms with Gasteiger partial charge in [-0.15, -0.1) is 10.2 Å². The van der Waals surface area contributed by atoms with Crippen molar-refractivity contribution < 1.29 is 4.74 Å². The van der Waals surface area contributed by atoms with Gasteiger partial charge < -0.3 is 10.5 Å². The maximum absolute atomic E-state index is 5.94. The Hall–Kier alpha value is -2.36. The molecule has 1 heterocycles. The van der Waals surface area contributed by atoms with Crippen LogP contribution in [0.4, 0.5) is 5.69 Å². The third-order valence-corrected chi connectivity index (χ3v) is 2.46. The summed E-state index contributed by atoms with van der Waals surface area (Å²) in [6.45, 7) is 3.75. The second-order valence-corrected chi connectivity index (χ2v) is 3.46. The van der Waals surface area contributed by atoms with Crippen LogP contribution in [-0.4, -0.2) is 17.3 Å². The molecule has 0 atom stereocenters. The van der Waals surface area contributed by atoms with Crippen molar-refractivity contribution >= 4 is 11.8 Å². The molecule has 0 aliphatic carbocycles. The van der Waals surface area contributed by atoms with Gasteiger partial charge in [-0.2, -0.15) is 0 Å². The van der Waals surface area contributed by atoms with E-state index >= 15 is 0 Å². The summed E-state index contributed by atoms with van der Waals surface area (Å²) in [5.41, 5.74) is 8.79. The molecule has 17 heavy (non-hydrogen) atoms. The van der Waals surface area contributed by atoms with Crippen molar-refractivity contribution in [2.75, 3.05) is 12.8 Å². The molecule has 4 nitrogen and oxygen atoms in total. The minimum Gasteiger partial charge on any atom is -0.478 e. The Morgan fingerprint density at radius 1 is 1.24 bits per heavy atom. The molecule has 2 rings (SSSR count). The van der Waals surface area contributed by atoms with E-state index in [2.05, 4.69) is 16.8 Å². The van der Waals surface area contributed by atoms with E-state index in [-0.39, 0.29) is 0 Å². The highest BCUT2D eigenvalue weighted by Crippen LogP contribution is 2.30. The minimum atomic E-state index is 0.319. The Kier molecular flexibility index (Phi) is 3.05. The van der Waals surface area contributed by atoms with E-state index < -0.39 is 0 Å². The Bertz CT molecular complexity index is 538. The van der Waals surface area contributed by atoms with Crippen molar-refractivity contribution in [1.82, 2.24) is 10.2 Å². The zero-order chi connectivity index (χ0) is 12.3. The number of rotatable bonds is 3. The lowest BCUT2D eigenvalue weighted by Crippen LogP contribution is -2.02. The van der Waals surface area contributed by atoms with Crippen LogP contribution in [0.5, 0.6) is 5.88 Å². The van der Waals surface area contributed by atoms with Crippen molar-refractivity contribution in [1.29, 1.82) is 0 Å². The Morgan fingerprint density at radius 3 is 2.53 bits per heavy atom. The standard InChI is InChI=1S/C13H13N3O/c1-3-10-11(14)13(17-2)16-15-12(10)9-7-5-4-6-8-9/h3-8H,1H2,2H3,(H2,14,15). The van der Waals surface area contributed by atoms with Crippen LogP contribution < -0.4 is 10.5 Å². The molecule has 86 valence electrons. The molecule has 0 aliphatic rings. The second kappa shape index (κ2) is 4.65. The molecule has 0 fully saturated rings. The summed E-state index contributed by atoms with van der Waals surface area (Å²) in [4.78, 5) is 0. The molecule has 0 amide bonds. The summed E-state index contributed by atoms with van der Waals surface area (Å²) in [7, 11) is 1.51. The van der Waals surface area contributed by atoms with Crippen LogP contribution in [0.25, 0.3) is 17.3 Å². The maximum atomic E-state index is 5.94. The highest BCUT2D eigenvalue weighted by molar-refractivity contribution is 5.80. The van der Waals surface area contributed by atoms with Crippen LogP contribution in [0, 0.1) is 0 Å². The molecule has 0 spiro atoms. The van der Waals surface area contributed by atoms with Gasteiger partial charge in [-0.25, -0.2) is 0 Å². The minimum absolute atomic E-state index is 0.319. The number of ether oxygens (including phenoxy) is 1. The van der Waals surface area contributed by atoms with Crippen LogP contribution in [0.2, 0.25) is 0 Å². The third kappa shape index (κ3) is 1.97. The number of hydrogen-bond donors (Lipinski definition) is 1. The normalized spacial score (nSPS) is 9.94. The fourth-order valence-electron chi connectivity index (χ4n) is 1.61. The zero-order valence-corrected chi connectivity index (χ0v) is 9.55. The van der Waals surface area contributed by atoms with Crippen molar-refractivity contribution in [3.63, 3.8) is 0 Å². The molecule has 0 aliphatic heterocycles. The van der Waals surface area contributed by atoms with E-state index in [0.29, 0.717) is 17.3 Å².